The summed E-state index contributed by atoms with van der Waals surface area (Å²) in [7, 11) is 0. The molecule has 8 heteroatoms. The number of amides is 1. The van der Waals surface area contributed by atoms with Crippen LogP contribution in [0.15, 0.2) is 29.1 Å². The van der Waals surface area contributed by atoms with Gasteiger partial charge in [0, 0.05) is 43.7 Å². The summed E-state index contributed by atoms with van der Waals surface area (Å²) in [5, 5.41) is 3.93. The predicted molar refractivity (Wildman–Crippen MR) is 118 cm³/mol. The van der Waals surface area contributed by atoms with Crippen molar-refractivity contribution in [3.63, 3.8) is 0 Å². The molecule has 2 aromatic rings. The summed E-state index contributed by atoms with van der Waals surface area (Å²) in [5.41, 5.74) is 0.257. The zero-order valence-corrected chi connectivity index (χ0v) is 18.5. The second-order valence-corrected chi connectivity index (χ2v) is 9.11. The molecule has 3 heterocycles. The van der Waals surface area contributed by atoms with Crippen molar-refractivity contribution >= 4 is 17.0 Å². The number of likely N-dealkylation sites (tertiary alicyclic amines) is 1. The maximum absolute atomic E-state index is 12.7. The highest BCUT2D eigenvalue weighted by atomic mass is 16.6. The first-order valence-corrected chi connectivity index (χ1v) is 10.9. The lowest BCUT2D eigenvalue weighted by molar-refractivity contribution is 0.0478. The van der Waals surface area contributed by atoms with Crippen molar-refractivity contribution in [2.24, 2.45) is 0 Å². The number of ether oxygens (including phenoxy) is 3. The first-order chi connectivity index (χ1) is 14.8. The van der Waals surface area contributed by atoms with Gasteiger partial charge in [0.25, 0.3) is 5.56 Å². The summed E-state index contributed by atoms with van der Waals surface area (Å²) in [4.78, 5) is 27.0. The number of carbonyl (C=O) groups is 1. The fourth-order valence-electron chi connectivity index (χ4n) is 4.13. The lowest BCUT2D eigenvalue weighted by Crippen LogP contribution is -2.46. The van der Waals surface area contributed by atoms with Gasteiger partial charge in [-0.2, -0.15) is 0 Å². The van der Waals surface area contributed by atoms with Crippen LogP contribution >= 0.6 is 0 Å². The van der Waals surface area contributed by atoms with Gasteiger partial charge in [-0.1, -0.05) is 0 Å². The molecule has 1 aromatic heterocycles. The maximum atomic E-state index is 12.7. The van der Waals surface area contributed by atoms with Crippen molar-refractivity contribution in [3.8, 4) is 11.5 Å². The molecule has 0 spiro atoms. The van der Waals surface area contributed by atoms with Gasteiger partial charge >= 0.3 is 6.09 Å². The molecule has 1 aromatic carbocycles. The van der Waals surface area contributed by atoms with Crippen LogP contribution in [0.4, 0.5) is 4.79 Å². The van der Waals surface area contributed by atoms with Crippen LogP contribution in [0.1, 0.15) is 33.6 Å². The van der Waals surface area contributed by atoms with Gasteiger partial charge in [-0.3, -0.25) is 4.79 Å². The van der Waals surface area contributed by atoms with Gasteiger partial charge in [-0.25, -0.2) is 4.79 Å². The van der Waals surface area contributed by atoms with E-state index in [9.17, 15) is 9.59 Å². The maximum Gasteiger partial charge on any atom is 0.407 e. The fourth-order valence-corrected chi connectivity index (χ4v) is 4.13. The molecule has 1 amide bonds. The molecule has 1 N–H and O–H groups in total. The monoisotopic (exact) mass is 429 g/mol. The summed E-state index contributed by atoms with van der Waals surface area (Å²) in [5.74, 6) is 1.34. The van der Waals surface area contributed by atoms with Crippen LogP contribution in [0.2, 0.25) is 0 Å². The smallest absolute Gasteiger partial charge is 0.407 e. The number of piperidine rings is 1. The first kappa shape index (κ1) is 21.5. The number of nitrogens with zero attached hydrogens (tertiary/aromatic N) is 2. The van der Waals surface area contributed by atoms with Crippen LogP contribution in [0.3, 0.4) is 0 Å². The molecule has 168 valence electrons. The molecule has 31 heavy (non-hydrogen) atoms. The van der Waals surface area contributed by atoms with Gasteiger partial charge in [-0.05, 0) is 51.8 Å². The number of carbonyl (C=O) groups excluding carboxylic acids is 1. The van der Waals surface area contributed by atoms with Crippen LogP contribution in [0.25, 0.3) is 10.9 Å². The molecule has 0 radical (unpaired) electrons. The Labute approximate surface area is 182 Å². The summed E-state index contributed by atoms with van der Waals surface area (Å²) in [6.07, 6.45) is 1.35. The average Bonchev–Trinajstić information content (AvgIpc) is 2.72. The van der Waals surface area contributed by atoms with E-state index >= 15 is 0 Å². The van der Waals surface area contributed by atoms with Crippen LogP contribution in [-0.4, -0.2) is 60.1 Å². The van der Waals surface area contributed by atoms with E-state index in [4.69, 9.17) is 14.2 Å². The fraction of sp³-hybridized carbons (Fsp3) is 0.565. The van der Waals surface area contributed by atoms with Crippen LogP contribution in [0.5, 0.6) is 11.5 Å². The highest BCUT2D eigenvalue weighted by Crippen LogP contribution is 2.36. The van der Waals surface area contributed by atoms with Gasteiger partial charge < -0.3 is 29.0 Å². The van der Waals surface area contributed by atoms with E-state index in [0.717, 1.165) is 43.4 Å². The summed E-state index contributed by atoms with van der Waals surface area (Å²) >= 11 is 0. The summed E-state index contributed by atoms with van der Waals surface area (Å²) in [6, 6.07) is 7.42. The van der Waals surface area contributed by atoms with Crippen molar-refractivity contribution in [1.29, 1.82) is 0 Å². The molecule has 0 bridgehead atoms. The molecular weight excluding hydrogens is 398 g/mol. The number of nitrogens with one attached hydrogen (secondary N) is 1. The average molecular weight is 430 g/mol. The van der Waals surface area contributed by atoms with Crippen molar-refractivity contribution < 1.29 is 19.0 Å². The topological polar surface area (TPSA) is 82.0 Å². The number of aromatic nitrogens is 1. The van der Waals surface area contributed by atoms with Gasteiger partial charge in [0.1, 0.15) is 18.8 Å². The van der Waals surface area contributed by atoms with E-state index in [1.165, 1.54) is 0 Å². The number of benzene rings is 1. The third-order valence-corrected chi connectivity index (χ3v) is 5.60. The lowest BCUT2D eigenvalue weighted by Gasteiger charge is -2.33. The van der Waals surface area contributed by atoms with Gasteiger partial charge in [0.05, 0.1) is 5.52 Å². The predicted octanol–water partition coefficient (Wildman–Crippen LogP) is 2.76. The van der Waals surface area contributed by atoms with E-state index in [1.807, 2.05) is 39.0 Å². The molecule has 1 fully saturated rings. The van der Waals surface area contributed by atoms with Crippen LogP contribution in [0, 0.1) is 0 Å². The Morgan fingerprint density at radius 1 is 1.10 bits per heavy atom. The molecule has 2 aliphatic rings. The van der Waals surface area contributed by atoms with Crippen molar-refractivity contribution in [1.82, 2.24) is 14.8 Å². The molecule has 0 unspecified atom stereocenters. The van der Waals surface area contributed by atoms with Gasteiger partial charge in [0.15, 0.2) is 11.5 Å². The SMILES string of the molecule is CC(C)(C)OC(=O)NC1CCN(CCn2c(=O)ccc3ccc4c(c32)OCCO4)CC1. The molecule has 8 nitrogen and oxygen atoms in total. The molecule has 2 aliphatic heterocycles. The minimum atomic E-state index is -0.496. The second kappa shape index (κ2) is 8.78. The van der Waals surface area contributed by atoms with Crippen molar-refractivity contribution in [2.75, 3.05) is 32.8 Å². The molecule has 0 saturated carbocycles. The normalized spacial score (nSPS) is 17.5. The Morgan fingerprint density at radius 3 is 2.55 bits per heavy atom. The summed E-state index contributed by atoms with van der Waals surface area (Å²) in [6.45, 7) is 9.61. The molecular formula is C23H31N3O5. The largest absolute Gasteiger partial charge is 0.486 e. The number of fused-ring (bicyclic) bond motifs is 3. The number of rotatable bonds is 4. The Kier molecular flexibility index (Phi) is 6.09. The van der Waals surface area contributed by atoms with Crippen LogP contribution in [-0.2, 0) is 11.3 Å². The van der Waals surface area contributed by atoms with Crippen molar-refractivity contribution in [3.05, 3.63) is 34.6 Å². The minimum absolute atomic E-state index is 0.0449. The standard InChI is InChI=1S/C23H31N3O5/c1-23(2,3)31-22(28)24-17-8-10-25(11-9-17)12-13-26-19(27)7-5-16-4-6-18-21(20(16)26)30-15-14-29-18/h4-7,17H,8-15H2,1-3H3,(H,24,28). The highest BCUT2D eigenvalue weighted by molar-refractivity contribution is 5.87. The number of hydrogen-bond donors (Lipinski definition) is 1. The molecule has 1 saturated heterocycles. The van der Waals surface area contributed by atoms with Crippen molar-refractivity contribution in [2.45, 2.75) is 51.8 Å². The Hall–Kier alpha value is -2.74. The first-order valence-electron chi connectivity index (χ1n) is 10.9. The van der Waals surface area contributed by atoms with E-state index in [1.54, 1.807) is 10.6 Å². The second-order valence-electron chi connectivity index (χ2n) is 9.11. The number of hydrogen-bond acceptors (Lipinski definition) is 6. The van der Waals surface area contributed by atoms with E-state index in [-0.39, 0.29) is 17.7 Å². The highest BCUT2D eigenvalue weighted by Gasteiger charge is 2.24. The third kappa shape index (κ3) is 5.12. The quantitative estimate of drug-likeness (QED) is 0.805. The van der Waals surface area contributed by atoms with E-state index in [0.29, 0.717) is 31.3 Å². The van der Waals surface area contributed by atoms with E-state index < -0.39 is 5.60 Å². The zero-order chi connectivity index (χ0) is 22.0. The lowest BCUT2D eigenvalue weighted by atomic mass is 10.1. The number of pyridine rings is 1. The van der Waals surface area contributed by atoms with E-state index in [2.05, 4.69) is 10.2 Å². The molecule has 4 rings (SSSR count). The Morgan fingerprint density at radius 2 is 1.81 bits per heavy atom. The van der Waals surface area contributed by atoms with Crippen LogP contribution < -0.4 is 20.3 Å². The Bertz CT molecular complexity index is 1000. The Balaban J connectivity index is 1.39. The minimum Gasteiger partial charge on any atom is -0.486 e. The third-order valence-electron chi connectivity index (χ3n) is 5.60. The number of alkyl carbamates (subject to hydrolysis) is 1. The van der Waals surface area contributed by atoms with Gasteiger partial charge in [0.2, 0.25) is 0 Å². The molecule has 0 atom stereocenters. The molecule has 0 aliphatic carbocycles. The van der Waals surface area contributed by atoms with Gasteiger partial charge in [-0.15, -0.1) is 0 Å². The summed E-state index contributed by atoms with van der Waals surface area (Å²) < 4.78 is 18.7. The zero-order valence-electron chi connectivity index (χ0n) is 18.5.